The van der Waals surface area contributed by atoms with E-state index in [1.54, 1.807) is 38.1 Å². The predicted octanol–water partition coefficient (Wildman–Crippen LogP) is 0.622. The molecule has 0 saturated carbocycles. The fourth-order valence-corrected chi connectivity index (χ4v) is 3.95. The van der Waals surface area contributed by atoms with Crippen molar-refractivity contribution in [2.45, 2.75) is 17.4 Å². The van der Waals surface area contributed by atoms with Crippen molar-refractivity contribution in [3.63, 3.8) is 0 Å². The van der Waals surface area contributed by atoms with Crippen molar-refractivity contribution >= 4 is 31.6 Å². The number of anilines is 1. The minimum absolute atomic E-state index is 0.0538. The normalized spacial score (nSPS) is 15.3. The van der Waals surface area contributed by atoms with Gasteiger partial charge < -0.3 is 15.7 Å². The van der Waals surface area contributed by atoms with Gasteiger partial charge in [0.2, 0.25) is 10.0 Å². The van der Waals surface area contributed by atoms with Crippen LogP contribution in [0.1, 0.15) is 6.92 Å². The van der Waals surface area contributed by atoms with Crippen LogP contribution in [0.4, 0.5) is 5.69 Å². The largest absolute Gasteiger partial charge is 0.399 e. The second kappa shape index (κ2) is 6.40. The number of benzene rings is 1. The zero-order valence-corrected chi connectivity index (χ0v) is 14.1. The Hall–Kier alpha value is -0.670. The van der Waals surface area contributed by atoms with Gasteiger partial charge in [-0.05, 0) is 55.1 Å². The summed E-state index contributed by atoms with van der Waals surface area (Å²) in [6, 6.07) is 4.54. The predicted molar refractivity (Wildman–Crippen MR) is 82.9 cm³/mol. The topological polar surface area (TPSA) is 95.7 Å². The van der Waals surface area contributed by atoms with Crippen LogP contribution in [-0.2, 0) is 10.0 Å². The maximum Gasteiger partial charge on any atom is 0.241 e. The highest BCUT2D eigenvalue weighted by Gasteiger charge is 2.26. The molecule has 0 aliphatic heterocycles. The Labute approximate surface area is 128 Å². The third-order valence-electron chi connectivity index (χ3n) is 2.54. The van der Waals surface area contributed by atoms with E-state index in [1.165, 1.54) is 6.07 Å². The van der Waals surface area contributed by atoms with Gasteiger partial charge in [0.05, 0.1) is 10.5 Å². The molecule has 0 bridgehead atoms. The molecule has 0 spiro atoms. The number of nitrogens with two attached hydrogens (primary N) is 1. The number of nitrogen functional groups attached to an aromatic ring is 1. The quantitative estimate of drug-likeness (QED) is 0.642. The lowest BCUT2D eigenvalue weighted by molar-refractivity contribution is 0.0386. The van der Waals surface area contributed by atoms with Crippen molar-refractivity contribution in [1.82, 2.24) is 9.62 Å². The summed E-state index contributed by atoms with van der Waals surface area (Å²) in [5.41, 5.74) is 4.79. The van der Waals surface area contributed by atoms with Crippen LogP contribution < -0.4 is 10.5 Å². The molecule has 0 saturated heterocycles. The zero-order chi connectivity index (χ0) is 15.6. The Morgan fingerprint density at radius 3 is 2.60 bits per heavy atom. The molecule has 114 valence electrons. The van der Waals surface area contributed by atoms with Gasteiger partial charge in [0, 0.05) is 23.2 Å². The number of hydrogen-bond donors (Lipinski definition) is 3. The monoisotopic (exact) mass is 365 g/mol. The van der Waals surface area contributed by atoms with Crippen molar-refractivity contribution in [3.8, 4) is 0 Å². The summed E-state index contributed by atoms with van der Waals surface area (Å²) < 4.78 is 27.3. The molecular weight excluding hydrogens is 346 g/mol. The molecule has 1 aromatic carbocycles. The maximum absolute atomic E-state index is 12.2. The highest BCUT2D eigenvalue weighted by atomic mass is 79.9. The number of sulfonamides is 1. The molecule has 0 fully saturated rings. The highest BCUT2D eigenvalue weighted by Crippen LogP contribution is 2.24. The minimum Gasteiger partial charge on any atom is -0.399 e. The molecule has 1 rings (SSSR count). The van der Waals surface area contributed by atoms with E-state index in [-0.39, 0.29) is 11.4 Å². The van der Waals surface area contributed by atoms with Crippen LogP contribution in [-0.4, -0.2) is 51.2 Å². The third kappa shape index (κ3) is 5.02. The van der Waals surface area contributed by atoms with Crippen LogP contribution in [0.3, 0.4) is 0 Å². The van der Waals surface area contributed by atoms with Crippen LogP contribution in [0.25, 0.3) is 0 Å². The van der Waals surface area contributed by atoms with Gasteiger partial charge in [-0.15, -0.1) is 0 Å². The van der Waals surface area contributed by atoms with E-state index >= 15 is 0 Å². The first-order valence-corrected chi connectivity index (χ1v) is 8.23. The first-order chi connectivity index (χ1) is 9.03. The van der Waals surface area contributed by atoms with Gasteiger partial charge in [-0.25, -0.2) is 13.1 Å². The number of halogens is 1. The van der Waals surface area contributed by atoms with Gasteiger partial charge in [0.1, 0.15) is 0 Å². The molecule has 1 unspecified atom stereocenters. The smallest absolute Gasteiger partial charge is 0.241 e. The average Bonchev–Trinajstić information content (AvgIpc) is 2.28. The number of nitrogens with zero attached hydrogens (tertiary/aromatic N) is 1. The summed E-state index contributed by atoms with van der Waals surface area (Å²) in [7, 11) is -0.132. The van der Waals surface area contributed by atoms with Crippen LogP contribution in [0, 0.1) is 0 Å². The molecule has 0 aliphatic carbocycles. The van der Waals surface area contributed by atoms with Crippen LogP contribution in [0.2, 0.25) is 0 Å². The molecule has 0 radical (unpaired) electrons. The highest BCUT2D eigenvalue weighted by molar-refractivity contribution is 9.10. The molecule has 0 heterocycles. The van der Waals surface area contributed by atoms with Crippen molar-refractivity contribution < 1.29 is 13.5 Å². The second-order valence-corrected chi connectivity index (χ2v) is 7.84. The molecule has 8 heteroatoms. The third-order valence-corrected chi connectivity index (χ3v) is 4.94. The molecular formula is C12H20BrN3O3S. The summed E-state index contributed by atoms with van der Waals surface area (Å²) in [6.07, 6.45) is 0. The number of aliphatic hydroxyl groups is 1. The van der Waals surface area contributed by atoms with E-state index in [0.29, 0.717) is 16.7 Å². The molecule has 0 aliphatic rings. The molecule has 0 amide bonds. The average molecular weight is 366 g/mol. The SMILES string of the molecule is CN(C)CC(C)(O)CNS(=O)(=O)c1cc(N)ccc1Br. The minimum atomic E-state index is -3.74. The van der Waals surface area contributed by atoms with Crippen LogP contribution in [0.15, 0.2) is 27.6 Å². The van der Waals surface area contributed by atoms with Gasteiger partial charge in [-0.1, -0.05) is 0 Å². The van der Waals surface area contributed by atoms with Crippen LogP contribution >= 0.6 is 15.9 Å². The molecule has 1 atom stereocenters. The second-order valence-electron chi connectivity index (χ2n) is 5.25. The molecule has 1 aromatic rings. The number of rotatable bonds is 6. The van der Waals surface area contributed by atoms with Gasteiger partial charge in [-0.2, -0.15) is 0 Å². The summed E-state index contributed by atoms with van der Waals surface area (Å²) in [5.74, 6) is 0. The van der Waals surface area contributed by atoms with Crippen molar-refractivity contribution in [2.24, 2.45) is 0 Å². The van der Waals surface area contributed by atoms with Gasteiger partial charge in [0.25, 0.3) is 0 Å². The fraction of sp³-hybridized carbons (Fsp3) is 0.500. The van der Waals surface area contributed by atoms with Gasteiger partial charge >= 0.3 is 0 Å². The Morgan fingerprint density at radius 1 is 1.45 bits per heavy atom. The van der Waals surface area contributed by atoms with E-state index in [9.17, 15) is 13.5 Å². The van der Waals surface area contributed by atoms with E-state index in [0.717, 1.165) is 0 Å². The van der Waals surface area contributed by atoms with Gasteiger partial charge in [0.15, 0.2) is 0 Å². The molecule has 20 heavy (non-hydrogen) atoms. The summed E-state index contributed by atoms with van der Waals surface area (Å²) in [4.78, 5) is 1.84. The fourth-order valence-electron chi connectivity index (χ4n) is 1.79. The first-order valence-electron chi connectivity index (χ1n) is 5.95. The van der Waals surface area contributed by atoms with Crippen molar-refractivity contribution in [1.29, 1.82) is 0 Å². The molecule has 0 aromatic heterocycles. The molecule has 6 nitrogen and oxygen atoms in total. The summed E-state index contributed by atoms with van der Waals surface area (Å²) in [6.45, 7) is 1.83. The van der Waals surface area contributed by atoms with Crippen LogP contribution in [0.5, 0.6) is 0 Å². The summed E-state index contributed by atoms with van der Waals surface area (Å²) >= 11 is 3.18. The van der Waals surface area contributed by atoms with E-state index < -0.39 is 15.6 Å². The van der Waals surface area contributed by atoms with Gasteiger partial charge in [-0.3, -0.25) is 0 Å². The van der Waals surface area contributed by atoms with Crippen molar-refractivity contribution in [2.75, 3.05) is 32.9 Å². The van der Waals surface area contributed by atoms with Crippen molar-refractivity contribution in [3.05, 3.63) is 22.7 Å². The maximum atomic E-state index is 12.2. The zero-order valence-electron chi connectivity index (χ0n) is 11.7. The van der Waals surface area contributed by atoms with E-state index in [2.05, 4.69) is 20.7 Å². The number of hydrogen-bond acceptors (Lipinski definition) is 5. The van der Waals surface area contributed by atoms with E-state index in [1.807, 2.05) is 0 Å². The summed E-state index contributed by atoms with van der Waals surface area (Å²) in [5, 5.41) is 10.1. The molecule has 4 N–H and O–H groups in total. The Kier molecular flexibility index (Phi) is 5.56. The first kappa shape index (κ1) is 17.4. The van der Waals surface area contributed by atoms with E-state index in [4.69, 9.17) is 5.73 Å². The number of likely N-dealkylation sites (N-methyl/N-ethyl adjacent to an activating group) is 1. The Morgan fingerprint density at radius 2 is 2.05 bits per heavy atom. The number of nitrogens with one attached hydrogen (secondary N) is 1. The Balaban J connectivity index is 2.88. The lowest BCUT2D eigenvalue weighted by Gasteiger charge is -2.27. The Bertz CT molecular complexity index is 573. The lowest BCUT2D eigenvalue weighted by Crippen LogP contribution is -2.47. The standard InChI is InChI=1S/C12H20BrN3O3S/c1-12(17,8-16(2)3)7-15-20(18,19)11-6-9(14)4-5-10(11)13/h4-6,15,17H,7-8,14H2,1-3H3. The lowest BCUT2D eigenvalue weighted by atomic mass is 10.1.